The lowest BCUT2D eigenvalue weighted by Gasteiger charge is -2.31. The largest absolute Gasteiger partial charge is 0.507 e. The van der Waals surface area contributed by atoms with Crippen LogP contribution in [0.5, 0.6) is 5.75 Å². The molecule has 1 aromatic rings. The SMILES string of the molecule is Cc1ccc(O)c(C(=O)N2CCC(OCC(=O)O)CC2)c1. The normalized spacial score (nSPS) is 16.0. The molecule has 1 aliphatic rings. The van der Waals surface area contributed by atoms with Crippen molar-refractivity contribution in [2.75, 3.05) is 19.7 Å². The number of carbonyl (C=O) groups is 2. The number of carbonyl (C=O) groups excluding carboxylic acids is 1. The Morgan fingerprint density at radius 3 is 2.62 bits per heavy atom. The summed E-state index contributed by atoms with van der Waals surface area (Å²) in [7, 11) is 0. The zero-order chi connectivity index (χ0) is 15.4. The summed E-state index contributed by atoms with van der Waals surface area (Å²) in [5.74, 6) is -1.21. The van der Waals surface area contributed by atoms with E-state index >= 15 is 0 Å². The Morgan fingerprint density at radius 1 is 1.33 bits per heavy atom. The fraction of sp³-hybridized carbons (Fsp3) is 0.467. The van der Waals surface area contributed by atoms with Crippen molar-refractivity contribution in [1.82, 2.24) is 4.90 Å². The van der Waals surface area contributed by atoms with Crippen LogP contribution in [0.4, 0.5) is 0 Å². The number of amides is 1. The monoisotopic (exact) mass is 293 g/mol. The molecule has 0 atom stereocenters. The van der Waals surface area contributed by atoms with Gasteiger partial charge in [-0.05, 0) is 31.9 Å². The lowest BCUT2D eigenvalue weighted by molar-refractivity contribution is -0.145. The molecule has 21 heavy (non-hydrogen) atoms. The number of aromatic hydroxyl groups is 1. The van der Waals surface area contributed by atoms with Gasteiger partial charge < -0.3 is 19.8 Å². The maximum atomic E-state index is 12.4. The number of likely N-dealkylation sites (tertiary alicyclic amines) is 1. The van der Waals surface area contributed by atoms with E-state index in [-0.39, 0.29) is 24.4 Å². The first-order chi connectivity index (χ1) is 9.97. The fourth-order valence-corrected chi connectivity index (χ4v) is 2.41. The van der Waals surface area contributed by atoms with Crippen LogP contribution >= 0.6 is 0 Å². The van der Waals surface area contributed by atoms with E-state index in [1.165, 1.54) is 6.07 Å². The van der Waals surface area contributed by atoms with Gasteiger partial charge in [0, 0.05) is 13.1 Å². The molecule has 0 spiro atoms. The number of benzene rings is 1. The lowest BCUT2D eigenvalue weighted by atomic mass is 10.0. The molecule has 6 nitrogen and oxygen atoms in total. The molecule has 0 saturated carbocycles. The van der Waals surface area contributed by atoms with Gasteiger partial charge >= 0.3 is 5.97 Å². The van der Waals surface area contributed by atoms with Gasteiger partial charge in [-0.3, -0.25) is 4.79 Å². The standard InChI is InChI=1S/C15H19NO5/c1-10-2-3-13(17)12(8-10)15(20)16-6-4-11(5-7-16)21-9-14(18)19/h2-3,8,11,17H,4-7,9H2,1H3,(H,18,19). The molecule has 0 unspecified atom stereocenters. The molecule has 6 heteroatoms. The molecular formula is C15H19NO5. The molecule has 2 N–H and O–H groups in total. The van der Waals surface area contributed by atoms with Crippen molar-refractivity contribution < 1.29 is 24.5 Å². The summed E-state index contributed by atoms with van der Waals surface area (Å²) in [6, 6.07) is 4.94. The minimum atomic E-state index is -0.988. The summed E-state index contributed by atoms with van der Waals surface area (Å²) in [6.07, 6.45) is 1.08. The fourth-order valence-electron chi connectivity index (χ4n) is 2.41. The van der Waals surface area contributed by atoms with Crippen LogP contribution in [0.15, 0.2) is 18.2 Å². The number of rotatable bonds is 4. The van der Waals surface area contributed by atoms with Gasteiger partial charge in [-0.15, -0.1) is 0 Å². The third-order valence-corrected chi connectivity index (χ3v) is 3.55. The van der Waals surface area contributed by atoms with Gasteiger partial charge in [-0.25, -0.2) is 4.79 Å². The van der Waals surface area contributed by atoms with E-state index in [4.69, 9.17) is 9.84 Å². The molecule has 0 radical (unpaired) electrons. The molecule has 1 amide bonds. The van der Waals surface area contributed by atoms with Crippen molar-refractivity contribution >= 4 is 11.9 Å². The number of hydrogen-bond acceptors (Lipinski definition) is 4. The van der Waals surface area contributed by atoms with E-state index < -0.39 is 5.97 Å². The Morgan fingerprint density at radius 2 is 2.00 bits per heavy atom. The second-order valence-corrected chi connectivity index (χ2v) is 5.22. The summed E-state index contributed by atoms with van der Waals surface area (Å²) >= 11 is 0. The third-order valence-electron chi connectivity index (χ3n) is 3.55. The predicted octanol–water partition coefficient (Wildman–Crippen LogP) is 1.41. The van der Waals surface area contributed by atoms with Crippen LogP contribution in [0.25, 0.3) is 0 Å². The molecule has 114 valence electrons. The van der Waals surface area contributed by atoms with Crippen LogP contribution in [0, 0.1) is 6.92 Å². The van der Waals surface area contributed by atoms with Crippen LogP contribution in [-0.4, -0.2) is 52.8 Å². The van der Waals surface area contributed by atoms with Crippen LogP contribution in [0.2, 0.25) is 0 Å². The number of hydrogen-bond donors (Lipinski definition) is 2. The van der Waals surface area contributed by atoms with Crippen molar-refractivity contribution in [3.8, 4) is 5.75 Å². The Hall–Kier alpha value is -2.08. The highest BCUT2D eigenvalue weighted by Crippen LogP contribution is 2.22. The number of ether oxygens (including phenoxy) is 1. The second-order valence-electron chi connectivity index (χ2n) is 5.22. The maximum absolute atomic E-state index is 12.4. The Balaban J connectivity index is 1.94. The number of phenols is 1. The van der Waals surface area contributed by atoms with Crippen LogP contribution in [0.1, 0.15) is 28.8 Å². The minimum absolute atomic E-state index is 0.0187. The van der Waals surface area contributed by atoms with Gasteiger partial charge in [-0.2, -0.15) is 0 Å². The number of nitrogens with zero attached hydrogens (tertiary/aromatic N) is 1. The van der Waals surface area contributed by atoms with Gasteiger partial charge in [0.05, 0.1) is 11.7 Å². The number of piperidine rings is 1. The zero-order valence-electron chi connectivity index (χ0n) is 11.9. The van der Waals surface area contributed by atoms with E-state index in [0.717, 1.165) is 5.56 Å². The number of carboxylic acids is 1. The number of carboxylic acid groups (broad SMARTS) is 1. The molecule has 0 aromatic heterocycles. The smallest absolute Gasteiger partial charge is 0.329 e. The van der Waals surface area contributed by atoms with Crippen molar-refractivity contribution in [3.63, 3.8) is 0 Å². The Kier molecular flexibility index (Phi) is 4.80. The van der Waals surface area contributed by atoms with Crippen LogP contribution < -0.4 is 0 Å². The van der Waals surface area contributed by atoms with Gasteiger partial charge in [0.1, 0.15) is 12.4 Å². The topological polar surface area (TPSA) is 87.1 Å². The molecular weight excluding hydrogens is 274 g/mol. The van der Waals surface area contributed by atoms with Crippen molar-refractivity contribution in [1.29, 1.82) is 0 Å². The van der Waals surface area contributed by atoms with Gasteiger partial charge in [0.15, 0.2) is 0 Å². The van der Waals surface area contributed by atoms with E-state index in [9.17, 15) is 14.7 Å². The molecule has 2 rings (SSSR count). The Bertz CT molecular complexity index is 535. The van der Waals surface area contributed by atoms with E-state index in [1.54, 1.807) is 17.0 Å². The summed E-state index contributed by atoms with van der Waals surface area (Å²) in [5, 5.41) is 18.4. The number of aliphatic carboxylic acids is 1. The number of phenolic OH excluding ortho intramolecular Hbond substituents is 1. The summed E-state index contributed by atoms with van der Waals surface area (Å²) in [6.45, 7) is 2.55. The van der Waals surface area contributed by atoms with E-state index in [1.807, 2.05) is 6.92 Å². The van der Waals surface area contributed by atoms with Crippen molar-refractivity contribution in [2.45, 2.75) is 25.9 Å². The minimum Gasteiger partial charge on any atom is -0.507 e. The second kappa shape index (κ2) is 6.58. The van der Waals surface area contributed by atoms with Gasteiger partial charge in [0.25, 0.3) is 5.91 Å². The first kappa shape index (κ1) is 15.3. The molecule has 1 fully saturated rings. The highest BCUT2D eigenvalue weighted by Gasteiger charge is 2.25. The zero-order valence-corrected chi connectivity index (χ0v) is 11.9. The average Bonchev–Trinajstić information content (AvgIpc) is 2.47. The molecule has 0 bridgehead atoms. The van der Waals surface area contributed by atoms with Gasteiger partial charge in [0.2, 0.25) is 0 Å². The summed E-state index contributed by atoms with van der Waals surface area (Å²) < 4.78 is 5.23. The quantitative estimate of drug-likeness (QED) is 0.876. The highest BCUT2D eigenvalue weighted by atomic mass is 16.5. The van der Waals surface area contributed by atoms with Crippen LogP contribution in [-0.2, 0) is 9.53 Å². The predicted molar refractivity (Wildman–Crippen MR) is 75.4 cm³/mol. The summed E-state index contributed by atoms with van der Waals surface area (Å²) in [4.78, 5) is 24.5. The summed E-state index contributed by atoms with van der Waals surface area (Å²) in [5.41, 5.74) is 1.22. The molecule has 1 aromatic carbocycles. The maximum Gasteiger partial charge on any atom is 0.329 e. The average molecular weight is 293 g/mol. The Labute approximate surface area is 122 Å². The number of aryl methyl sites for hydroxylation is 1. The van der Waals surface area contributed by atoms with Gasteiger partial charge in [-0.1, -0.05) is 11.6 Å². The molecule has 1 saturated heterocycles. The van der Waals surface area contributed by atoms with E-state index in [2.05, 4.69) is 0 Å². The molecule has 0 aliphatic carbocycles. The first-order valence-corrected chi connectivity index (χ1v) is 6.89. The van der Waals surface area contributed by atoms with Crippen LogP contribution in [0.3, 0.4) is 0 Å². The lowest BCUT2D eigenvalue weighted by Crippen LogP contribution is -2.41. The third kappa shape index (κ3) is 3.95. The highest BCUT2D eigenvalue weighted by molar-refractivity contribution is 5.97. The molecule has 1 heterocycles. The van der Waals surface area contributed by atoms with E-state index in [0.29, 0.717) is 31.5 Å². The van der Waals surface area contributed by atoms with Crippen molar-refractivity contribution in [3.05, 3.63) is 29.3 Å². The molecule has 1 aliphatic heterocycles. The van der Waals surface area contributed by atoms with Crippen molar-refractivity contribution in [2.24, 2.45) is 0 Å². The first-order valence-electron chi connectivity index (χ1n) is 6.89.